The highest BCUT2D eigenvalue weighted by Gasteiger charge is 2.15. The second-order valence-electron chi connectivity index (χ2n) is 8.61. The molecule has 0 fully saturated rings. The molecule has 0 aliphatic carbocycles. The van der Waals surface area contributed by atoms with Crippen LogP contribution in [0.25, 0.3) is 0 Å². The molecule has 3 aromatic carbocycles. The molecule has 0 saturated heterocycles. The molecule has 0 atom stereocenters. The van der Waals surface area contributed by atoms with Crippen LogP contribution in [0.2, 0.25) is 0 Å². The van der Waals surface area contributed by atoms with Crippen LogP contribution < -0.4 is 14.9 Å². The van der Waals surface area contributed by atoms with Crippen LogP contribution in [0.3, 0.4) is 0 Å². The van der Waals surface area contributed by atoms with Crippen molar-refractivity contribution in [2.75, 3.05) is 34.8 Å². The Bertz CT molecular complexity index is 1070. The Morgan fingerprint density at radius 2 is 1.28 bits per heavy atom. The number of hydrazone groups is 1. The van der Waals surface area contributed by atoms with Crippen LogP contribution in [0.4, 0.5) is 0 Å². The highest BCUT2D eigenvalue weighted by molar-refractivity contribution is 6.13. The minimum atomic E-state index is -0.137. The molecule has 0 radical (unpaired) electrons. The summed E-state index contributed by atoms with van der Waals surface area (Å²) in [5.41, 5.74) is 6.35. The predicted molar refractivity (Wildman–Crippen MR) is 127 cm³/mol. The Morgan fingerprint density at radius 3 is 1.78 bits per heavy atom. The molecule has 6 heteroatoms. The minimum absolute atomic E-state index is 0.137. The Kier molecular flexibility index (Phi) is 7.28. The molecule has 32 heavy (non-hydrogen) atoms. The van der Waals surface area contributed by atoms with Gasteiger partial charge in [0.25, 0.3) is 5.91 Å². The van der Waals surface area contributed by atoms with E-state index in [2.05, 4.69) is 10.5 Å². The van der Waals surface area contributed by atoms with Crippen LogP contribution in [0.5, 0.6) is 17.2 Å². The molecule has 0 aliphatic rings. The van der Waals surface area contributed by atoms with E-state index >= 15 is 0 Å². The first-order valence-corrected chi connectivity index (χ1v) is 10.4. The number of ether oxygens (including phenoxy) is 2. The van der Waals surface area contributed by atoms with Crippen molar-refractivity contribution in [1.29, 1.82) is 0 Å². The second-order valence-corrected chi connectivity index (χ2v) is 8.61. The molecule has 1 amide bonds. The van der Waals surface area contributed by atoms with Gasteiger partial charge in [-0.2, -0.15) is 5.10 Å². The van der Waals surface area contributed by atoms with Crippen LogP contribution in [0, 0.1) is 6.92 Å². The first kappa shape index (κ1) is 23.0. The van der Waals surface area contributed by atoms with E-state index in [0.717, 1.165) is 28.2 Å². The number of likely N-dealkylation sites (N-methyl/N-ethyl adjacent to an activating group) is 1. The Hall–Kier alpha value is -3.64. The molecular formula is C26H30N3O3+. The second kappa shape index (κ2) is 10.1. The van der Waals surface area contributed by atoms with Gasteiger partial charge in [0.15, 0.2) is 6.54 Å². The maximum absolute atomic E-state index is 12.3. The monoisotopic (exact) mass is 432 g/mol. The van der Waals surface area contributed by atoms with Crippen molar-refractivity contribution in [3.63, 3.8) is 0 Å². The number of hydrogen-bond donors (Lipinski definition) is 1. The number of hydrogen-bond acceptors (Lipinski definition) is 4. The van der Waals surface area contributed by atoms with Gasteiger partial charge in [0, 0.05) is 11.1 Å². The number of nitrogens with one attached hydrogen (secondary N) is 1. The highest BCUT2D eigenvalue weighted by Crippen LogP contribution is 2.24. The van der Waals surface area contributed by atoms with Crippen LogP contribution in [-0.4, -0.2) is 50.9 Å². The van der Waals surface area contributed by atoms with Crippen LogP contribution >= 0.6 is 0 Å². The van der Waals surface area contributed by atoms with Crippen molar-refractivity contribution >= 4 is 11.6 Å². The van der Waals surface area contributed by atoms with E-state index in [1.165, 1.54) is 0 Å². The third kappa shape index (κ3) is 6.68. The van der Waals surface area contributed by atoms with Crippen molar-refractivity contribution in [2.24, 2.45) is 5.10 Å². The molecular weight excluding hydrogens is 402 g/mol. The average molecular weight is 433 g/mol. The summed E-state index contributed by atoms with van der Waals surface area (Å²) < 4.78 is 11.6. The Labute approximate surface area is 189 Å². The summed E-state index contributed by atoms with van der Waals surface area (Å²) in [5.74, 6) is 2.07. The number of methoxy groups -OCH3 is 1. The summed E-state index contributed by atoms with van der Waals surface area (Å²) in [7, 11) is 7.52. The van der Waals surface area contributed by atoms with E-state index in [1.807, 2.05) is 101 Å². The molecule has 0 heterocycles. The van der Waals surface area contributed by atoms with Crippen LogP contribution in [0.15, 0.2) is 77.9 Å². The number of aryl methyl sites for hydroxylation is 1. The van der Waals surface area contributed by atoms with Crippen LogP contribution in [-0.2, 0) is 4.79 Å². The maximum atomic E-state index is 12.3. The molecule has 0 spiro atoms. The van der Waals surface area contributed by atoms with Crippen molar-refractivity contribution in [1.82, 2.24) is 5.43 Å². The minimum Gasteiger partial charge on any atom is -0.497 e. The van der Waals surface area contributed by atoms with E-state index in [9.17, 15) is 4.79 Å². The van der Waals surface area contributed by atoms with Gasteiger partial charge in [0.1, 0.15) is 17.2 Å². The molecule has 3 rings (SSSR count). The van der Waals surface area contributed by atoms with Gasteiger partial charge in [-0.3, -0.25) is 4.79 Å². The molecule has 1 N–H and O–H groups in total. The lowest BCUT2D eigenvalue weighted by Crippen LogP contribution is -2.43. The number of nitrogens with zero attached hydrogens (tertiary/aromatic N) is 2. The fraction of sp³-hybridized carbons (Fsp3) is 0.231. The van der Waals surface area contributed by atoms with E-state index in [1.54, 1.807) is 7.11 Å². The standard InChI is InChI=1S/C26H29N3O3/c1-19-6-8-20(9-7-19)26(28-27-25(30)18-29(2,3)4)21-10-12-23(13-11-21)32-24-16-14-22(31-5)15-17-24/h6-17H,18H2,1-5H3/p+1/b28-26-. The molecule has 0 saturated carbocycles. The quantitative estimate of drug-likeness (QED) is 0.327. The van der Waals surface area contributed by atoms with E-state index in [0.29, 0.717) is 22.5 Å². The van der Waals surface area contributed by atoms with Gasteiger partial charge >= 0.3 is 0 Å². The largest absolute Gasteiger partial charge is 0.497 e. The fourth-order valence-corrected chi connectivity index (χ4v) is 3.05. The summed E-state index contributed by atoms with van der Waals surface area (Å²) >= 11 is 0. The first-order chi connectivity index (χ1) is 15.2. The zero-order chi connectivity index (χ0) is 23.1. The van der Waals surface area contributed by atoms with Gasteiger partial charge in [-0.05, 0) is 55.5 Å². The SMILES string of the molecule is COc1ccc(Oc2ccc(/C(=N\NC(=O)C[N+](C)(C)C)c3ccc(C)cc3)cc2)cc1. The predicted octanol–water partition coefficient (Wildman–Crippen LogP) is 4.37. The molecule has 166 valence electrons. The topological polar surface area (TPSA) is 59.9 Å². The third-order valence-corrected chi connectivity index (χ3v) is 4.66. The smallest absolute Gasteiger partial charge is 0.295 e. The summed E-state index contributed by atoms with van der Waals surface area (Å²) in [4.78, 5) is 12.3. The molecule has 3 aromatic rings. The summed E-state index contributed by atoms with van der Waals surface area (Å²) in [6, 6.07) is 23.1. The molecule has 0 aromatic heterocycles. The van der Waals surface area contributed by atoms with E-state index < -0.39 is 0 Å². The van der Waals surface area contributed by atoms with Crippen molar-refractivity contribution in [3.05, 3.63) is 89.5 Å². The summed E-state index contributed by atoms with van der Waals surface area (Å²) in [5, 5.41) is 4.46. The first-order valence-electron chi connectivity index (χ1n) is 10.4. The van der Waals surface area contributed by atoms with Gasteiger partial charge in [-0.1, -0.05) is 29.8 Å². The molecule has 0 aliphatic heterocycles. The molecule has 0 bridgehead atoms. The lowest BCUT2D eigenvalue weighted by atomic mass is 10.0. The van der Waals surface area contributed by atoms with Gasteiger partial charge in [-0.25, -0.2) is 5.43 Å². The van der Waals surface area contributed by atoms with E-state index in [-0.39, 0.29) is 5.91 Å². The fourth-order valence-electron chi connectivity index (χ4n) is 3.05. The number of amides is 1. The number of carbonyl (C=O) groups is 1. The van der Waals surface area contributed by atoms with Gasteiger partial charge in [0.2, 0.25) is 0 Å². The van der Waals surface area contributed by atoms with E-state index in [4.69, 9.17) is 9.47 Å². The zero-order valence-corrected chi connectivity index (χ0v) is 19.3. The summed E-state index contributed by atoms with van der Waals surface area (Å²) in [6.45, 7) is 2.37. The van der Waals surface area contributed by atoms with Gasteiger partial charge in [-0.15, -0.1) is 0 Å². The highest BCUT2D eigenvalue weighted by atomic mass is 16.5. The van der Waals surface area contributed by atoms with Gasteiger partial charge in [0.05, 0.1) is 34.0 Å². The normalized spacial score (nSPS) is 11.7. The van der Waals surface area contributed by atoms with Crippen molar-refractivity contribution < 1.29 is 18.8 Å². The van der Waals surface area contributed by atoms with Crippen molar-refractivity contribution in [3.8, 4) is 17.2 Å². The number of carbonyl (C=O) groups excluding carboxylic acids is 1. The lowest BCUT2D eigenvalue weighted by molar-refractivity contribution is -0.862. The average Bonchev–Trinajstić information content (AvgIpc) is 2.75. The molecule has 0 unspecified atom stereocenters. The number of quaternary nitrogens is 1. The lowest BCUT2D eigenvalue weighted by Gasteiger charge is -2.22. The maximum Gasteiger partial charge on any atom is 0.295 e. The summed E-state index contributed by atoms with van der Waals surface area (Å²) in [6.07, 6.45) is 0. The number of rotatable bonds is 8. The van der Waals surface area contributed by atoms with Gasteiger partial charge < -0.3 is 14.0 Å². The molecule has 6 nitrogen and oxygen atoms in total. The Morgan fingerprint density at radius 1 is 0.812 bits per heavy atom. The zero-order valence-electron chi connectivity index (χ0n) is 19.3. The Balaban J connectivity index is 1.82. The number of benzene rings is 3. The van der Waals surface area contributed by atoms with Crippen molar-refractivity contribution in [2.45, 2.75) is 6.92 Å². The van der Waals surface area contributed by atoms with Crippen LogP contribution in [0.1, 0.15) is 16.7 Å². The third-order valence-electron chi connectivity index (χ3n) is 4.66.